The molecule has 6 nitrogen and oxygen atoms in total. The van der Waals surface area contributed by atoms with Crippen molar-refractivity contribution in [1.29, 1.82) is 0 Å². The molecule has 0 unspecified atom stereocenters. The molecule has 0 saturated heterocycles. The first-order chi connectivity index (χ1) is 12.3. The maximum absolute atomic E-state index is 12.4. The summed E-state index contributed by atoms with van der Waals surface area (Å²) in [7, 11) is -3.60. The highest BCUT2D eigenvalue weighted by atomic mass is 32.2. The fourth-order valence-corrected chi connectivity index (χ4v) is 4.36. The summed E-state index contributed by atoms with van der Waals surface area (Å²) in [6.45, 7) is 5.99. The lowest BCUT2D eigenvalue weighted by molar-refractivity contribution is -0.131. The van der Waals surface area contributed by atoms with Crippen molar-refractivity contribution in [3.63, 3.8) is 0 Å². The van der Waals surface area contributed by atoms with Crippen LogP contribution in [0.2, 0.25) is 0 Å². The first-order valence-corrected chi connectivity index (χ1v) is 10.8. The molecule has 1 aliphatic carbocycles. The van der Waals surface area contributed by atoms with Crippen LogP contribution in [0.4, 0.5) is 0 Å². The molecule has 1 aromatic rings. The Morgan fingerprint density at radius 3 is 2.35 bits per heavy atom. The van der Waals surface area contributed by atoms with Gasteiger partial charge in [0.15, 0.2) is 0 Å². The van der Waals surface area contributed by atoms with Crippen molar-refractivity contribution in [3.8, 4) is 5.75 Å². The van der Waals surface area contributed by atoms with Gasteiger partial charge in [0, 0.05) is 26.1 Å². The molecule has 2 rings (SSSR count). The molecule has 0 spiro atoms. The zero-order valence-electron chi connectivity index (χ0n) is 15.9. The van der Waals surface area contributed by atoms with Crippen molar-refractivity contribution in [2.45, 2.75) is 69.9 Å². The van der Waals surface area contributed by atoms with E-state index in [-0.39, 0.29) is 29.5 Å². The number of benzene rings is 1. The molecule has 1 aromatic carbocycles. The maximum Gasteiger partial charge on any atom is 0.240 e. The van der Waals surface area contributed by atoms with Crippen LogP contribution in [0, 0.1) is 0 Å². The van der Waals surface area contributed by atoms with Crippen LogP contribution < -0.4 is 9.46 Å². The number of nitrogens with one attached hydrogen (secondary N) is 1. The average Bonchev–Trinajstić information content (AvgIpc) is 2.59. The van der Waals surface area contributed by atoms with Crippen molar-refractivity contribution < 1.29 is 17.9 Å². The van der Waals surface area contributed by atoms with Crippen molar-refractivity contribution in [1.82, 2.24) is 9.62 Å². The number of carbonyl (C=O) groups excluding carboxylic acids is 1. The van der Waals surface area contributed by atoms with Crippen LogP contribution in [-0.2, 0) is 14.8 Å². The van der Waals surface area contributed by atoms with Gasteiger partial charge >= 0.3 is 0 Å². The van der Waals surface area contributed by atoms with Gasteiger partial charge in [0.25, 0.3) is 0 Å². The number of amides is 1. The molecule has 0 aliphatic heterocycles. The highest BCUT2D eigenvalue weighted by Crippen LogP contribution is 2.22. The van der Waals surface area contributed by atoms with E-state index < -0.39 is 10.0 Å². The second kappa shape index (κ2) is 9.37. The molecule has 0 radical (unpaired) electrons. The summed E-state index contributed by atoms with van der Waals surface area (Å²) in [5, 5.41) is 0. The van der Waals surface area contributed by atoms with Crippen LogP contribution in [-0.4, -0.2) is 44.5 Å². The van der Waals surface area contributed by atoms with Gasteiger partial charge in [-0.05, 0) is 51.0 Å². The molecular formula is C19H30N2O4S. The molecule has 1 fully saturated rings. The molecular weight excluding hydrogens is 352 g/mol. The third-order valence-electron chi connectivity index (χ3n) is 4.57. The smallest absolute Gasteiger partial charge is 0.240 e. The topological polar surface area (TPSA) is 75.7 Å². The Balaban J connectivity index is 1.92. The molecule has 1 N–H and O–H groups in total. The summed E-state index contributed by atoms with van der Waals surface area (Å²) in [6.07, 6.45) is 5.52. The van der Waals surface area contributed by atoms with Gasteiger partial charge in [-0.15, -0.1) is 0 Å². The van der Waals surface area contributed by atoms with Crippen molar-refractivity contribution >= 4 is 15.9 Å². The Morgan fingerprint density at radius 1 is 1.19 bits per heavy atom. The Hall–Kier alpha value is -1.60. The molecule has 0 heterocycles. The minimum atomic E-state index is -3.60. The Kier molecular flexibility index (Phi) is 7.46. The van der Waals surface area contributed by atoms with Crippen molar-refractivity contribution in [2.75, 3.05) is 13.1 Å². The summed E-state index contributed by atoms with van der Waals surface area (Å²) in [6, 6.07) is 6.60. The summed E-state index contributed by atoms with van der Waals surface area (Å²) in [4.78, 5) is 13.9. The highest BCUT2D eigenvalue weighted by Gasteiger charge is 2.23. The minimum Gasteiger partial charge on any atom is -0.491 e. The molecule has 1 amide bonds. The second-order valence-electron chi connectivity index (χ2n) is 7.04. The molecule has 1 aliphatic rings. The highest BCUT2D eigenvalue weighted by molar-refractivity contribution is 7.89. The van der Waals surface area contributed by atoms with Gasteiger partial charge in [-0.3, -0.25) is 4.79 Å². The SMILES string of the molecule is CC(=O)N(CCNS(=O)(=O)c1ccc(OC(C)C)cc1)C1CCCCC1. The summed E-state index contributed by atoms with van der Waals surface area (Å²) in [5.74, 6) is 0.644. The van der Waals surface area contributed by atoms with Crippen LogP contribution >= 0.6 is 0 Å². The summed E-state index contributed by atoms with van der Waals surface area (Å²) < 4.78 is 33.0. The fraction of sp³-hybridized carbons (Fsp3) is 0.632. The maximum atomic E-state index is 12.4. The van der Waals surface area contributed by atoms with E-state index >= 15 is 0 Å². The number of hydrogen-bond acceptors (Lipinski definition) is 4. The zero-order valence-corrected chi connectivity index (χ0v) is 16.7. The van der Waals surface area contributed by atoms with Gasteiger partial charge in [0.05, 0.1) is 11.0 Å². The van der Waals surface area contributed by atoms with Gasteiger partial charge in [-0.1, -0.05) is 19.3 Å². The molecule has 0 atom stereocenters. The van der Waals surface area contributed by atoms with E-state index in [9.17, 15) is 13.2 Å². The van der Waals surface area contributed by atoms with E-state index in [0.717, 1.165) is 25.7 Å². The molecule has 7 heteroatoms. The van der Waals surface area contributed by atoms with E-state index in [1.54, 1.807) is 24.0 Å². The predicted octanol–water partition coefficient (Wildman–Crippen LogP) is 2.93. The minimum absolute atomic E-state index is 0.00582. The van der Waals surface area contributed by atoms with Gasteiger partial charge < -0.3 is 9.64 Å². The van der Waals surface area contributed by atoms with E-state index in [4.69, 9.17) is 4.74 Å². The van der Waals surface area contributed by atoms with Crippen LogP contribution in [0.25, 0.3) is 0 Å². The zero-order chi connectivity index (χ0) is 19.2. The largest absolute Gasteiger partial charge is 0.491 e. The van der Waals surface area contributed by atoms with Crippen molar-refractivity contribution in [2.24, 2.45) is 0 Å². The summed E-state index contributed by atoms with van der Waals surface area (Å²) >= 11 is 0. The van der Waals surface area contributed by atoms with Gasteiger partial charge in [-0.25, -0.2) is 13.1 Å². The fourth-order valence-electron chi connectivity index (χ4n) is 3.34. The van der Waals surface area contributed by atoms with Gasteiger partial charge in [0.1, 0.15) is 5.75 Å². The van der Waals surface area contributed by atoms with Crippen LogP contribution in [0.15, 0.2) is 29.2 Å². The number of ether oxygens (including phenoxy) is 1. The van der Waals surface area contributed by atoms with E-state index in [0.29, 0.717) is 12.3 Å². The number of nitrogens with zero attached hydrogens (tertiary/aromatic N) is 1. The molecule has 0 aromatic heterocycles. The predicted molar refractivity (Wildman–Crippen MR) is 102 cm³/mol. The standard InChI is InChI=1S/C19H30N2O4S/c1-15(2)25-18-9-11-19(12-10-18)26(23,24)20-13-14-21(16(3)22)17-7-5-4-6-8-17/h9-12,15,17,20H,4-8,13-14H2,1-3H3. The van der Waals surface area contributed by atoms with E-state index in [1.165, 1.54) is 18.6 Å². The third kappa shape index (κ3) is 5.99. The molecule has 1 saturated carbocycles. The third-order valence-corrected chi connectivity index (χ3v) is 6.05. The normalized spacial score (nSPS) is 15.8. The number of hydrogen-bond donors (Lipinski definition) is 1. The van der Waals surface area contributed by atoms with Crippen LogP contribution in [0.1, 0.15) is 52.9 Å². The summed E-state index contributed by atoms with van der Waals surface area (Å²) in [5.41, 5.74) is 0. The van der Waals surface area contributed by atoms with E-state index in [1.807, 2.05) is 13.8 Å². The lowest BCUT2D eigenvalue weighted by Gasteiger charge is -2.33. The van der Waals surface area contributed by atoms with Crippen LogP contribution in [0.5, 0.6) is 5.75 Å². The van der Waals surface area contributed by atoms with Crippen LogP contribution in [0.3, 0.4) is 0 Å². The number of sulfonamides is 1. The lowest BCUT2D eigenvalue weighted by atomic mass is 9.94. The second-order valence-corrected chi connectivity index (χ2v) is 8.81. The average molecular weight is 383 g/mol. The Morgan fingerprint density at radius 2 is 1.81 bits per heavy atom. The van der Waals surface area contributed by atoms with E-state index in [2.05, 4.69) is 4.72 Å². The number of carbonyl (C=O) groups is 1. The monoisotopic (exact) mass is 382 g/mol. The molecule has 0 bridgehead atoms. The Labute approximate surface area is 157 Å². The number of rotatable bonds is 8. The van der Waals surface area contributed by atoms with Gasteiger partial charge in [0.2, 0.25) is 15.9 Å². The Bertz CT molecular complexity index is 680. The van der Waals surface area contributed by atoms with Crippen molar-refractivity contribution in [3.05, 3.63) is 24.3 Å². The van der Waals surface area contributed by atoms with Gasteiger partial charge in [-0.2, -0.15) is 0 Å². The first kappa shape index (κ1) is 20.7. The molecule has 146 valence electrons. The quantitative estimate of drug-likeness (QED) is 0.750. The molecule has 26 heavy (non-hydrogen) atoms. The lowest BCUT2D eigenvalue weighted by Crippen LogP contribution is -2.44. The first-order valence-electron chi connectivity index (χ1n) is 9.33.